The van der Waals surface area contributed by atoms with Gasteiger partial charge in [0.1, 0.15) is 10.6 Å². The molecule has 0 aromatic heterocycles. The molecule has 0 saturated carbocycles. The first kappa shape index (κ1) is 19.2. The summed E-state index contributed by atoms with van der Waals surface area (Å²) in [4.78, 5) is 0.220. The van der Waals surface area contributed by atoms with Crippen LogP contribution in [0.4, 0.5) is 0 Å². The Kier molecular flexibility index (Phi) is 6.25. The van der Waals surface area contributed by atoms with Crippen molar-refractivity contribution in [1.82, 2.24) is 10.0 Å². The summed E-state index contributed by atoms with van der Waals surface area (Å²) in [6, 6.07) is 3.60. The summed E-state index contributed by atoms with van der Waals surface area (Å²) < 4.78 is 39.2. The van der Waals surface area contributed by atoms with E-state index in [9.17, 15) is 8.42 Å². The molecule has 0 bridgehead atoms. The molecule has 2 rings (SSSR count). The normalized spacial score (nSPS) is 17.7. The zero-order valence-corrected chi connectivity index (χ0v) is 15.8. The lowest BCUT2D eigenvalue weighted by molar-refractivity contribution is 0.0577. The SMILES string of the molecule is COCC1(CNS(=O)(=O)c2c(C)cc(C)cc2OC)CCNCC1. The van der Waals surface area contributed by atoms with Crippen LogP contribution >= 0.6 is 0 Å². The van der Waals surface area contributed by atoms with Gasteiger partial charge in [-0.2, -0.15) is 0 Å². The number of methoxy groups -OCH3 is 2. The molecule has 1 aliphatic rings. The minimum absolute atomic E-state index is 0.168. The molecule has 0 spiro atoms. The Bertz CT molecular complexity index is 662. The Labute approximate surface area is 145 Å². The van der Waals surface area contributed by atoms with Crippen LogP contribution in [-0.2, 0) is 14.8 Å². The van der Waals surface area contributed by atoms with Crippen LogP contribution in [-0.4, -0.2) is 48.9 Å². The average molecular weight is 356 g/mol. The largest absolute Gasteiger partial charge is 0.495 e. The summed E-state index contributed by atoms with van der Waals surface area (Å²) in [6.07, 6.45) is 1.76. The minimum Gasteiger partial charge on any atom is -0.495 e. The average Bonchev–Trinajstić information content (AvgIpc) is 2.53. The van der Waals surface area contributed by atoms with Gasteiger partial charge in [0.05, 0.1) is 13.7 Å². The molecule has 0 aliphatic carbocycles. The molecule has 0 unspecified atom stereocenters. The van der Waals surface area contributed by atoms with Crippen LogP contribution < -0.4 is 14.8 Å². The first-order valence-corrected chi connectivity index (χ1v) is 9.66. The van der Waals surface area contributed by atoms with E-state index in [-0.39, 0.29) is 10.3 Å². The van der Waals surface area contributed by atoms with Crippen molar-refractivity contribution < 1.29 is 17.9 Å². The van der Waals surface area contributed by atoms with E-state index in [1.165, 1.54) is 7.11 Å². The Morgan fingerprint density at radius 2 is 1.88 bits per heavy atom. The molecule has 24 heavy (non-hydrogen) atoms. The van der Waals surface area contributed by atoms with Gasteiger partial charge in [-0.15, -0.1) is 0 Å². The zero-order valence-electron chi connectivity index (χ0n) is 14.9. The molecule has 1 fully saturated rings. The number of nitrogens with one attached hydrogen (secondary N) is 2. The fourth-order valence-electron chi connectivity index (χ4n) is 3.37. The topological polar surface area (TPSA) is 76.7 Å². The molecule has 1 heterocycles. The van der Waals surface area contributed by atoms with Crippen LogP contribution in [0.2, 0.25) is 0 Å². The molecule has 7 heteroatoms. The fourth-order valence-corrected chi connectivity index (χ4v) is 4.90. The van der Waals surface area contributed by atoms with Crippen LogP contribution in [0.1, 0.15) is 24.0 Å². The van der Waals surface area contributed by atoms with E-state index in [2.05, 4.69) is 10.0 Å². The Morgan fingerprint density at radius 1 is 1.21 bits per heavy atom. The van der Waals surface area contributed by atoms with E-state index < -0.39 is 10.0 Å². The van der Waals surface area contributed by atoms with Gasteiger partial charge in [-0.05, 0) is 57.0 Å². The molecule has 1 aromatic carbocycles. The highest BCUT2D eigenvalue weighted by Crippen LogP contribution is 2.31. The maximum atomic E-state index is 12.9. The second kappa shape index (κ2) is 7.82. The van der Waals surface area contributed by atoms with Crippen molar-refractivity contribution in [1.29, 1.82) is 0 Å². The molecule has 1 aromatic rings. The van der Waals surface area contributed by atoms with E-state index in [4.69, 9.17) is 9.47 Å². The smallest absolute Gasteiger partial charge is 0.244 e. The zero-order chi connectivity index (χ0) is 17.8. The van der Waals surface area contributed by atoms with Gasteiger partial charge in [-0.3, -0.25) is 0 Å². The molecule has 6 nitrogen and oxygen atoms in total. The van der Waals surface area contributed by atoms with E-state index in [1.54, 1.807) is 20.1 Å². The molecule has 136 valence electrons. The predicted octanol–water partition coefficient (Wildman–Crippen LogP) is 1.61. The standard InChI is InChI=1S/C17H28N2O4S/c1-13-9-14(2)16(15(10-13)23-4)24(20,21)19-11-17(12-22-3)5-7-18-8-6-17/h9-10,18-19H,5-8,11-12H2,1-4H3. The van der Waals surface area contributed by atoms with Gasteiger partial charge in [0.2, 0.25) is 10.0 Å². The molecule has 1 aliphatic heterocycles. The van der Waals surface area contributed by atoms with Crippen molar-refractivity contribution in [2.24, 2.45) is 5.41 Å². The summed E-state index contributed by atoms with van der Waals surface area (Å²) in [5, 5.41) is 3.31. The number of ether oxygens (including phenoxy) is 2. The lowest BCUT2D eigenvalue weighted by atomic mass is 9.80. The molecule has 1 saturated heterocycles. The highest BCUT2D eigenvalue weighted by molar-refractivity contribution is 7.89. The Balaban J connectivity index is 2.25. The van der Waals surface area contributed by atoms with Crippen molar-refractivity contribution in [3.05, 3.63) is 23.3 Å². The van der Waals surface area contributed by atoms with Gasteiger partial charge < -0.3 is 14.8 Å². The molecule has 0 atom stereocenters. The number of hydrogen-bond acceptors (Lipinski definition) is 5. The molecular weight excluding hydrogens is 328 g/mol. The summed E-state index contributed by atoms with van der Waals surface area (Å²) in [6.45, 7) is 6.36. The summed E-state index contributed by atoms with van der Waals surface area (Å²) in [5.41, 5.74) is 1.49. The molecule has 0 amide bonds. The lowest BCUT2D eigenvalue weighted by Crippen LogP contribution is -2.47. The monoisotopic (exact) mass is 356 g/mol. The first-order chi connectivity index (χ1) is 11.3. The quantitative estimate of drug-likeness (QED) is 0.776. The maximum absolute atomic E-state index is 12.9. The van der Waals surface area contributed by atoms with Crippen LogP contribution in [0.3, 0.4) is 0 Å². The summed E-state index contributed by atoms with van der Waals surface area (Å²) >= 11 is 0. The highest BCUT2D eigenvalue weighted by atomic mass is 32.2. The van der Waals surface area contributed by atoms with Gasteiger partial charge in [0.15, 0.2) is 0 Å². The van der Waals surface area contributed by atoms with Crippen molar-refractivity contribution in [2.75, 3.05) is 40.5 Å². The Hall–Kier alpha value is -1.15. The third-order valence-corrected chi connectivity index (χ3v) is 6.21. The minimum atomic E-state index is -3.66. The van der Waals surface area contributed by atoms with Crippen LogP contribution in [0.15, 0.2) is 17.0 Å². The number of piperidine rings is 1. The van der Waals surface area contributed by atoms with Crippen LogP contribution in [0.5, 0.6) is 5.75 Å². The van der Waals surface area contributed by atoms with E-state index in [0.717, 1.165) is 31.5 Å². The third-order valence-electron chi connectivity index (χ3n) is 4.63. The van der Waals surface area contributed by atoms with Crippen LogP contribution in [0.25, 0.3) is 0 Å². The maximum Gasteiger partial charge on any atom is 0.244 e. The van der Waals surface area contributed by atoms with Crippen molar-refractivity contribution >= 4 is 10.0 Å². The third kappa shape index (κ3) is 4.27. The second-order valence-electron chi connectivity index (χ2n) is 6.62. The van der Waals surface area contributed by atoms with Gasteiger partial charge in [0.25, 0.3) is 0 Å². The molecular formula is C17H28N2O4S. The van der Waals surface area contributed by atoms with Crippen molar-refractivity contribution in [3.8, 4) is 5.75 Å². The summed E-state index contributed by atoms with van der Waals surface area (Å²) in [7, 11) is -0.507. The number of sulfonamides is 1. The summed E-state index contributed by atoms with van der Waals surface area (Å²) in [5.74, 6) is 0.381. The Morgan fingerprint density at radius 3 is 2.46 bits per heavy atom. The van der Waals surface area contributed by atoms with Crippen LogP contribution in [0, 0.1) is 19.3 Å². The van der Waals surface area contributed by atoms with Gasteiger partial charge in [-0.25, -0.2) is 13.1 Å². The predicted molar refractivity (Wildman–Crippen MR) is 94.1 cm³/mol. The van der Waals surface area contributed by atoms with E-state index >= 15 is 0 Å². The number of benzene rings is 1. The first-order valence-electron chi connectivity index (χ1n) is 8.18. The highest BCUT2D eigenvalue weighted by Gasteiger charge is 2.34. The van der Waals surface area contributed by atoms with Crippen molar-refractivity contribution in [3.63, 3.8) is 0 Å². The number of rotatable bonds is 7. The van der Waals surface area contributed by atoms with E-state index in [1.807, 2.05) is 13.0 Å². The molecule has 2 N–H and O–H groups in total. The number of aryl methyl sites for hydroxylation is 2. The lowest BCUT2D eigenvalue weighted by Gasteiger charge is -2.37. The second-order valence-corrected chi connectivity index (χ2v) is 8.32. The van der Waals surface area contributed by atoms with Gasteiger partial charge in [-0.1, -0.05) is 6.07 Å². The fraction of sp³-hybridized carbons (Fsp3) is 0.647. The van der Waals surface area contributed by atoms with Gasteiger partial charge in [0, 0.05) is 19.1 Å². The van der Waals surface area contributed by atoms with Gasteiger partial charge >= 0.3 is 0 Å². The molecule has 0 radical (unpaired) electrons. The van der Waals surface area contributed by atoms with Crippen molar-refractivity contribution in [2.45, 2.75) is 31.6 Å². The van der Waals surface area contributed by atoms with E-state index in [0.29, 0.717) is 24.5 Å². The number of hydrogen-bond donors (Lipinski definition) is 2.